The monoisotopic (exact) mass is 290 g/mol. The minimum atomic E-state index is 0.532. The van der Waals surface area contributed by atoms with Crippen LogP contribution in [0.15, 0.2) is 18.2 Å². The molecule has 0 spiro atoms. The zero-order valence-electron chi connectivity index (χ0n) is 9.79. The van der Waals surface area contributed by atoms with Gasteiger partial charge in [-0.1, -0.05) is 42.3 Å². The lowest BCUT2D eigenvalue weighted by Gasteiger charge is -2.11. The molecule has 0 saturated heterocycles. The number of carbonyl (C=O) groups is 1. The highest BCUT2D eigenvalue weighted by Gasteiger charge is 2.07. The van der Waals surface area contributed by atoms with E-state index < -0.39 is 0 Å². The van der Waals surface area contributed by atoms with Gasteiger partial charge < -0.3 is 4.79 Å². The van der Waals surface area contributed by atoms with Crippen LogP contribution < -0.4 is 0 Å². The van der Waals surface area contributed by atoms with Crippen LogP contribution in [-0.2, 0) is 11.2 Å². The molecule has 0 aliphatic rings. The average Bonchev–Trinajstić information content (AvgIpc) is 2.31. The van der Waals surface area contributed by atoms with Crippen LogP contribution in [0.5, 0.6) is 0 Å². The molecule has 0 radical (unpaired) electrons. The van der Waals surface area contributed by atoms with Crippen molar-refractivity contribution in [3.05, 3.63) is 33.8 Å². The van der Waals surface area contributed by atoms with Crippen molar-refractivity contribution < 1.29 is 4.79 Å². The third kappa shape index (κ3) is 5.33. The minimum absolute atomic E-state index is 0.532. The summed E-state index contributed by atoms with van der Waals surface area (Å²) in [6.45, 7) is 2.17. The number of aryl methyl sites for hydroxylation is 1. The highest BCUT2D eigenvalue weighted by Crippen LogP contribution is 2.27. The molecule has 1 aromatic carbocycles. The third-order valence-corrected chi connectivity index (χ3v) is 4.62. The first-order chi connectivity index (χ1) is 8.15. The fourth-order valence-corrected chi connectivity index (χ4v) is 2.83. The van der Waals surface area contributed by atoms with Gasteiger partial charge in [0.2, 0.25) is 0 Å². The molecular weight excluding hydrogens is 275 g/mol. The lowest BCUT2D eigenvalue weighted by atomic mass is 10.1. The fraction of sp³-hybridized carbons (Fsp3) is 0.462. The number of carbonyl (C=O) groups excluding carboxylic acids is 1. The number of hydrogen-bond acceptors (Lipinski definition) is 2. The van der Waals surface area contributed by atoms with Crippen LogP contribution in [0, 0.1) is 0 Å². The summed E-state index contributed by atoms with van der Waals surface area (Å²) < 4.78 is 0. The predicted molar refractivity (Wildman–Crippen MR) is 77.4 cm³/mol. The Labute approximate surface area is 117 Å². The molecule has 1 unspecified atom stereocenters. The minimum Gasteiger partial charge on any atom is -0.303 e. The van der Waals surface area contributed by atoms with Crippen molar-refractivity contribution in [3.63, 3.8) is 0 Å². The molecule has 17 heavy (non-hydrogen) atoms. The Morgan fingerprint density at radius 2 is 2.18 bits per heavy atom. The fourth-order valence-electron chi connectivity index (χ4n) is 1.50. The van der Waals surface area contributed by atoms with Crippen LogP contribution in [0.1, 0.15) is 25.3 Å². The normalized spacial score (nSPS) is 12.4. The predicted octanol–water partition coefficient (Wildman–Crippen LogP) is 4.64. The molecule has 0 bridgehead atoms. The quantitative estimate of drug-likeness (QED) is 0.538. The smallest absolute Gasteiger partial charge is 0.120 e. The molecule has 1 atom stereocenters. The van der Waals surface area contributed by atoms with Crippen LogP contribution in [0.4, 0.5) is 0 Å². The zero-order valence-corrected chi connectivity index (χ0v) is 12.1. The Morgan fingerprint density at radius 3 is 2.88 bits per heavy atom. The van der Waals surface area contributed by atoms with Crippen molar-refractivity contribution in [1.29, 1.82) is 0 Å². The standard InChI is InChI=1S/C13H16Cl2OS/c1-10(17-9-3-8-16)6-7-11-4-2-5-12(14)13(11)15/h2,4-5,8,10H,3,6-7,9H2,1H3. The molecule has 0 saturated carbocycles. The topological polar surface area (TPSA) is 17.1 Å². The molecule has 0 aromatic heterocycles. The van der Waals surface area contributed by atoms with Gasteiger partial charge in [-0.05, 0) is 24.5 Å². The van der Waals surface area contributed by atoms with Gasteiger partial charge in [-0.2, -0.15) is 11.8 Å². The van der Waals surface area contributed by atoms with Crippen LogP contribution in [-0.4, -0.2) is 17.3 Å². The Kier molecular flexibility index (Phi) is 7.02. The molecule has 4 heteroatoms. The van der Waals surface area contributed by atoms with Crippen molar-refractivity contribution >= 4 is 41.2 Å². The van der Waals surface area contributed by atoms with E-state index in [4.69, 9.17) is 23.2 Å². The van der Waals surface area contributed by atoms with Gasteiger partial charge >= 0.3 is 0 Å². The molecule has 94 valence electrons. The maximum absolute atomic E-state index is 10.2. The van der Waals surface area contributed by atoms with E-state index in [2.05, 4.69) is 6.92 Å². The van der Waals surface area contributed by atoms with Gasteiger partial charge in [0.15, 0.2) is 0 Å². The van der Waals surface area contributed by atoms with Gasteiger partial charge in [-0.15, -0.1) is 0 Å². The van der Waals surface area contributed by atoms with E-state index in [-0.39, 0.29) is 0 Å². The van der Waals surface area contributed by atoms with Crippen molar-refractivity contribution in [1.82, 2.24) is 0 Å². The van der Waals surface area contributed by atoms with E-state index >= 15 is 0 Å². The summed E-state index contributed by atoms with van der Waals surface area (Å²) in [5.41, 5.74) is 1.10. The molecule has 1 nitrogen and oxygen atoms in total. The Morgan fingerprint density at radius 1 is 1.41 bits per heavy atom. The van der Waals surface area contributed by atoms with Gasteiger partial charge in [-0.25, -0.2) is 0 Å². The lowest BCUT2D eigenvalue weighted by Crippen LogP contribution is -2.01. The first-order valence-electron chi connectivity index (χ1n) is 5.63. The molecule has 1 aromatic rings. The first-order valence-corrected chi connectivity index (χ1v) is 7.43. The van der Waals surface area contributed by atoms with Crippen LogP contribution in [0.3, 0.4) is 0 Å². The van der Waals surface area contributed by atoms with Gasteiger partial charge in [0, 0.05) is 17.4 Å². The maximum atomic E-state index is 10.2. The van der Waals surface area contributed by atoms with Crippen molar-refractivity contribution in [2.75, 3.05) is 5.75 Å². The van der Waals surface area contributed by atoms with Crippen molar-refractivity contribution in [3.8, 4) is 0 Å². The molecule has 0 N–H and O–H groups in total. The van der Waals surface area contributed by atoms with Gasteiger partial charge in [0.1, 0.15) is 6.29 Å². The summed E-state index contributed by atoms with van der Waals surface area (Å²) in [5.74, 6) is 0.897. The number of rotatable bonds is 7. The van der Waals surface area contributed by atoms with Gasteiger partial charge in [-0.3, -0.25) is 0 Å². The Hall–Kier alpha value is -0.180. The highest BCUT2D eigenvalue weighted by atomic mass is 35.5. The van der Waals surface area contributed by atoms with Gasteiger partial charge in [0.25, 0.3) is 0 Å². The summed E-state index contributed by atoms with van der Waals surface area (Å²) in [4.78, 5) is 10.2. The summed E-state index contributed by atoms with van der Waals surface area (Å²) in [7, 11) is 0. The molecule has 1 rings (SSSR count). The van der Waals surface area contributed by atoms with E-state index in [1.807, 2.05) is 23.9 Å². The molecule has 0 amide bonds. The van der Waals surface area contributed by atoms with Crippen LogP contribution in [0.25, 0.3) is 0 Å². The summed E-state index contributed by atoms with van der Waals surface area (Å²) in [6, 6.07) is 5.74. The van der Waals surface area contributed by atoms with E-state index in [0.29, 0.717) is 21.7 Å². The molecule has 0 heterocycles. The van der Waals surface area contributed by atoms with Gasteiger partial charge in [0.05, 0.1) is 10.0 Å². The zero-order chi connectivity index (χ0) is 12.7. The third-order valence-electron chi connectivity index (χ3n) is 2.49. The van der Waals surface area contributed by atoms with E-state index in [0.717, 1.165) is 30.4 Å². The van der Waals surface area contributed by atoms with E-state index in [1.165, 1.54) is 0 Å². The van der Waals surface area contributed by atoms with Crippen molar-refractivity contribution in [2.45, 2.75) is 31.4 Å². The number of aldehydes is 1. The highest BCUT2D eigenvalue weighted by molar-refractivity contribution is 7.99. The number of benzene rings is 1. The number of thioether (sulfide) groups is 1. The first kappa shape index (κ1) is 14.9. The van der Waals surface area contributed by atoms with Crippen molar-refractivity contribution in [2.24, 2.45) is 0 Å². The summed E-state index contributed by atoms with van der Waals surface area (Å²) in [5, 5.41) is 1.81. The Balaban J connectivity index is 2.39. The lowest BCUT2D eigenvalue weighted by molar-refractivity contribution is -0.107. The van der Waals surface area contributed by atoms with E-state index in [1.54, 1.807) is 6.07 Å². The largest absolute Gasteiger partial charge is 0.303 e. The van der Waals surface area contributed by atoms with E-state index in [9.17, 15) is 4.79 Å². The number of hydrogen-bond donors (Lipinski definition) is 0. The molecule has 0 aliphatic carbocycles. The molecule has 0 aliphatic heterocycles. The molecule has 0 fully saturated rings. The SMILES string of the molecule is CC(CCc1cccc(Cl)c1Cl)SCCC=O. The van der Waals surface area contributed by atoms with Crippen LogP contribution >= 0.6 is 35.0 Å². The summed E-state index contributed by atoms with van der Waals surface area (Å²) >= 11 is 13.9. The van der Waals surface area contributed by atoms with Crippen LogP contribution in [0.2, 0.25) is 10.0 Å². The summed E-state index contributed by atoms with van der Waals surface area (Å²) in [6.07, 6.45) is 3.57. The maximum Gasteiger partial charge on any atom is 0.120 e. The second-order valence-corrected chi connectivity index (χ2v) is 6.22. The second-order valence-electron chi connectivity index (χ2n) is 3.89. The molecular formula is C13H16Cl2OS. The average molecular weight is 291 g/mol. The Bertz CT molecular complexity index is 368. The second kappa shape index (κ2) is 8.02. The number of halogens is 2.